The van der Waals surface area contributed by atoms with Gasteiger partial charge in [-0.05, 0) is 32.9 Å². The van der Waals surface area contributed by atoms with Gasteiger partial charge in [-0.3, -0.25) is 0 Å². The number of benzene rings is 1. The maximum Gasteiger partial charge on any atom is 0.126 e. The van der Waals surface area contributed by atoms with Crippen molar-refractivity contribution in [2.24, 2.45) is 0 Å². The third kappa shape index (κ3) is 5.43. The molecule has 2 nitrogen and oxygen atoms in total. The fourth-order valence-electron chi connectivity index (χ4n) is 1.80. The molecule has 19 heavy (non-hydrogen) atoms. The molecular formula is C16H24FNO. The highest BCUT2D eigenvalue weighted by Crippen LogP contribution is 2.26. The van der Waals surface area contributed by atoms with Crippen molar-refractivity contribution in [1.82, 2.24) is 5.32 Å². The third-order valence-corrected chi connectivity index (χ3v) is 2.93. The second-order valence-corrected chi connectivity index (χ2v) is 4.91. The Labute approximate surface area is 115 Å². The van der Waals surface area contributed by atoms with E-state index in [0.717, 1.165) is 30.5 Å². The fourth-order valence-corrected chi connectivity index (χ4v) is 1.80. The molecule has 0 radical (unpaired) electrons. The average molecular weight is 265 g/mol. The first-order valence-electron chi connectivity index (χ1n) is 6.84. The van der Waals surface area contributed by atoms with Gasteiger partial charge in [0.05, 0.1) is 6.61 Å². The Hall–Kier alpha value is -1.35. The van der Waals surface area contributed by atoms with E-state index in [-0.39, 0.29) is 11.9 Å². The topological polar surface area (TPSA) is 21.3 Å². The molecule has 1 rings (SSSR count). The van der Waals surface area contributed by atoms with Crippen molar-refractivity contribution in [3.8, 4) is 5.75 Å². The standard InChI is InChI=1S/C16H24FNO/c1-5-9-18-13(4)15-7-6-14(17)11-16(15)19-10-8-12(2)3/h6-7,11,13,18H,2,5,8-10H2,1,3-4H3. The summed E-state index contributed by atoms with van der Waals surface area (Å²) in [6.45, 7) is 11.4. The molecule has 0 aliphatic carbocycles. The lowest BCUT2D eigenvalue weighted by molar-refractivity contribution is 0.313. The highest BCUT2D eigenvalue weighted by molar-refractivity contribution is 5.36. The second-order valence-electron chi connectivity index (χ2n) is 4.91. The van der Waals surface area contributed by atoms with Crippen LogP contribution in [0.1, 0.15) is 45.2 Å². The summed E-state index contributed by atoms with van der Waals surface area (Å²) in [4.78, 5) is 0. The number of ether oxygens (including phenoxy) is 1. The van der Waals surface area contributed by atoms with Crippen LogP contribution in [-0.4, -0.2) is 13.2 Å². The number of hydrogen-bond donors (Lipinski definition) is 1. The zero-order chi connectivity index (χ0) is 14.3. The maximum absolute atomic E-state index is 13.3. The quantitative estimate of drug-likeness (QED) is 0.710. The Morgan fingerprint density at radius 1 is 1.47 bits per heavy atom. The van der Waals surface area contributed by atoms with Crippen molar-refractivity contribution in [1.29, 1.82) is 0 Å². The molecule has 1 unspecified atom stereocenters. The molecule has 0 heterocycles. The van der Waals surface area contributed by atoms with Gasteiger partial charge in [0.1, 0.15) is 11.6 Å². The van der Waals surface area contributed by atoms with E-state index in [4.69, 9.17) is 4.74 Å². The molecule has 0 saturated carbocycles. The van der Waals surface area contributed by atoms with E-state index in [1.54, 1.807) is 6.07 Å². The Bertz CT molecular complexity index is 417. The summed E-state index contributed by atoms with van der Waals surface area (Å²) in [6, 6.07) is 4.88. The van der Waals surface area contributed by atoms with Crippen LogP contribution in [0.3, 0.4) is 0 Å². The van der Waals surface area contributed by atoms with Crippen molar-refractivity contribution in [3.63, 3.8) is 0 Å². The minimum atomic E-state index is -0.267. The Kier molecular flexibility index (Phi) is 6.57. The van der Waals surface area contributed by atoms with Crippen LogP contribution in [-0.2, 0) is 0 Å². The molecule has 0 amide bonds. The van der Waals surface area contributed by atoms with Crippen molar-refractivity contribution < 1.29 is 9.13 Å². The molecule has 0 spiro atoms. The van der Waals surface area contributed by atoms with Gasteiger partial charge in [-0.25, -0.2) is 4.39 Å². The predicted octanol–water partition coefficient (Wildman–Crippen LogP) is 4.23. The van der Waals surface area contributed by atoms with Crippen molar-refractivity contribution in [3.05, 3.63) is 41.7 Å². The second kappa shape index (κ2) is 7.95. The average Bonchev–Trinajstić information content (AvgIpc) is 2.35. The zero-order valence-electron chi connectivity index (χ0n) is 12.1. The molecule has 0 aliphatic rings. The van der Waals surface area contributed by atoms with Crippen LogP contribution in [0, 0.1) is 5.82 Å². The Morgan fingerprint density at radius 2 is 2.21 bits per heavy atom. The highest BCUT2D eigenvalue weighted by Gasteiger charge is 2.12. The van der Waals surface area contributed by atoms with E-state index < -0.39 is 0 Å². The van der Waals surface area contributed by atoms with Crippen LogP contribution in [0.15, 0.2) is 30.4 Å². The molecule has 0 saturated heterocycles. The molecule has 1 atom stereocenters. The summed E-state index contributed by atoms with van der Waals surface area (Å²) >= 11 is 0. The van der Waals surface area contributed by atoms with E-state index in [9.17, 15) is 4.39 Å². The minimum absolute atomic E-state index is 0.153. The lowest BCUT2D eigenvalue weighted by atomic mass is 10.1. The third-order valence-electron chi connectivity index (χ3n) is 2.93. The van der Waals surface area contributed by atoms with Crippen LogP contribution in [0.4, 0.5) is 4.39 Å². The number of hydrogen-bond acceptors (Lipinski definition) is 2. The molecule has 0 aliphatic heterocycles. The molecule has 1 aromatic rings. The smallest absolute Gasteiger partial charge is 0.126 e. The highest BCUT2D eigenvalue weighted by atomic mass is 19.1. The van der Waals surface area contributed by atoms with Gasteiger partial charge in [0, 0.05) is 24.1 Å². The lowest BCUT2D eigenvalue weighted by Gasteiger charge is -2.18. The summed E-state index contributed by atoms with van der Waals surface area (Å²) in [5.74, 6) is 0.356. The van der Waals surface area contributed by atoms with Gasteiger partial charge in [-0.1, -0.05) is 18.6 Å². The molecule has 0 fully saturated rings. The maximum atomic E-state index is 13.3. The first kappa shape index (κ1) is 15.7. The van der Waals surface area contributed by atoms with Gasteiger partial charge in [-0.15, -0.1) is 6.58 Å². The molecule has 0 aromatic heterocycles. The van der Waals surface area contributed by atoms with Crippen molar-refractivity contribution in [2.75, 3.05) is 13.2 Å². The van der Waals surface area contributed by atoms with E-state index in [2.05, 4.69) is 25.7 Å². The lowest BCUT2D eigenvalue weighted by Crippen LogP contribution is -2.20. The molecule has 106 valence electrons. The summed E-state index contributed by atoms with van der Waals surface area (Å²) in [6.07, 6.45) is 1.85. The van der Waals surface area contributed by atoms with Gasteiger partial charge in [0.2, 0.25) is 0 Å². The van der Waals surface area contributed by atoms with Crippen molar-refractivity contribution in [2.45, 2.75) is 39.7 Å². The largest absolute Gasteiger partial charge is 0.493 e. The SMILES string of the molecule is C=C(C)CCOc1cc(F)ccc1C(C)NCCC. The van der Waals surface area contributed by atoms with E-state index in [0.29, 0.717) is 12.4 Å². The normalized spacial score (nSPS) is 12.2. The van der Waals surface area contributed by atoms with Crippen molar-refractivity contribution >= 4 is 0 Å². The monoisotopic (exact) mass is 265 g/mol. The summed E-state index contributed by atoms with van der Waals surface area (Å²) in [5.41, 5.74) is 2.06. The van der Waals surface area contributed by atoms with E-state index in [1.165, 1.54) is 12.1 Å². The zero-order valence-corrected chi connectivity index (χ0v) is 12.1. The fraction of sp³-hybridized carbons (Fsp3) is 0.500. The summed E-state index contributed by atoms with van der Waals surface area (Å²) < 4.78 is 19.0. The van der Waals surface area contributed by atoms with E-state index >= 15 is 0 Å². The minimum Gasteiger partial charge on any atom is -0.493 e. The number of rotatable bonds is 8. The first-order valence-corrected chi connectivity index (χ1v) is 6.84. The molecule has 1 N–H and O–H groups in total. The molecule has 0 bridgehead atoms. The number of halogens is 1. The number of nitrogens with one attached hydrogen (secondary N) is 1. The van der Waals surface area contributed by atoms with Gasteiger partial charge < -0.3 is 10.1 Å². The van der Waals surface area contributed by atoms with Gasteiger partial charge in [-0.2, -0.15) is 0 Å². The summed E-state index contributed by atoms with van der Waals surface area (Å²) in [7, 11) is 0. The van der Waals surface area contributed by atoms with Gasteiger partial charge in [0.15, 0.2) is 0 Å². The van der Waals surface area contributed by atoms with Gasteiger partial charge >= 0.3 is 0 Å². The van der Waals surface area contributed by atoms with E-state index in [1.807, 2.05) is 6.92 Å². The van der Waals surface area contributed by atoms with Crippen LogP contribution in [0.25, 0.3) is 0 Å². The molecule has 1 aromatic carbocycles. The predicted molar refractivity (Wildman–Crippen MR) is 78.0 cm³/mol. The Morgan fingerprint density at radius 3 is 2.84 bits per heavy atom. The molecular weight excluding hydrogens is 241 g/mol. The van der Waals surface area contributed by atoms with Crippen LogP contribution in [0.5, 0.6) is 5.75 Å². The van der Waals surface area contributed by atoms with Gasteiger partial charge in [0.25, 0.3) is 0 Å². The first-order chi connectivity index (χ1) is 9.04. The van der Waals surface area contributed by atoms with Crippen LogP contribution in [0.2, 0.25) is 0 Å². The Balaban J connectivity index is 2.75. The molecule has 3 heteroatoms. The van der Waals surface area contributed by atoms with Crippen LogP contribution >= 0.6 is 0 Å². The summed E-state index contributed by atoms with van der Waals surface area (Å²) in [5, 5.41) is 3.39. The van der Waals surface area contributed by atoms with Crippen LogP contribution < -0.4 is 10.1 Å².